The van der Waals surface area contributed by atoms with Gasteiger partial charge in [-0.25, -0.2) is 17.6 Å². The molecule has 7 nitrogen and oxygen atoms in total. The summed E-state index contributed by atoms with van der Waals surface area (Å²) in [5.74, 6) is -2.02. The Balaban J connectivity index is 1.74. The predicted molar refractivity (Wildman–Crippen MR) is 109 cm³/mol. The van der Waals surface area contributed by atoms with Crippen molar-refractivity contribution in [1.29, 1.82) is 0 Å². The van der Waals surface area contributed by atoms with Crippen molar-refractivity contribution < 1.29 is 27.1 Å². The van der Waals surface area contributed by atoms with E-state index in [1.807, 2.05) is 0 Å². The van der Waals surface area contributed by atoms with Crippen LogP contribution in [0.2, 0.25) is 0 Å². The molecular weight excluding hydrogens is 411 g/mol. The number of hydrogen-bond donors (Lipinski definition) is 1. The summed E-state index contributed by atoms with van der Waals surface area (Å²) in [7, 11) is -3.83. The van der Waals surface area contributed by atoms with Crippen LogP contribution < -0.4 is 5.32 Å². The lowest BCUT2D eigenvalue weighted by atomic mass is 9.98. The number of sulfonamides is 1. The maximum Gasteiger partial charge on any atom is 0.340 e. The van der Waals surface area contributed by atoms with E-state index in [9.17, 15) is 22.4 Å². The fraction of sp³-hybridized carbons (Fsp3) is 0.333. The van der Waals surface area contributed by atoms with E-state index in [4.69, 9.17) is 4.74 Å². The van der Waals surface area contributed by atoms with Crippen LogP contribution in [0.25, 0.3) is 0 Å². The molecule has 30 heavy (non-hydrogen) atoms. The Hall–Kier alpha value is -2.78. The van der Waals surface area contributed by atoms with Crippen molar-refractivity contribution in [1.82, 2.24) is 4.31 Å². The van der Waals surface area contributed by atoms with E-state index < -0.39 is 27.7 Å². The second-order valence-corrected chi connectivity index (χ2v) is 8.85. The summed E-state index contributed by atoms with van der Waals surface area (Å²) < 4.78 is 45.1. The monoisotopic (exact) mass is 434 g/mol. The summed E-state index contributed by atoms with van der Waals surface area (Å²) in [6.07, 6.45) is 1.03. The minimum atomic E-state index is -3.83. The lowest BCUT2D eigenvalue weighted by Crippen LogP contribution is -2.43. The molecule has 0 bridgehead atoms. The number of benzene rings is 2. The number of carbonyl (C=O) groups excluding carboxylic acids is 2. The molecule has 1 aliphatic rings. The zero-order valence-electron chi connectivity index (χ0n) is 16.5. The number of piperidine rings is 1. The number of carbonyl (C=O) groups is 2. The van der Waals surface area contributed by atoms with E-state index in [0.29, 0.717) is 18.5 Å². The van der Waals surface area contributed by atoms with Crippen molar-refractivity contribution in [2.75, 3.05) is 25.0 Å². The van der Waals surface area contributed by atoms with E-state index in [-0.39, 0.29) is 36.1 Å². The summed E-state index contributed by atoms with van der Waals surface area (Å²) in [6, 6.07) is 11.1. The first-order chi connectivity index (χ1) is 14.3. The number of ether oxygens (including phenoxy) is 1. The maximum absolute atomic E-state index is 13.1. The van der Waals surface area contributed by atoms with Crippen LogP contribution in [0.1, 0.15) is 30.1 Å². The Morgan fingerprint density at radius 3 is 2.57 bits per heavy atom. The molecule has 1 saturated heterocycles. The minimum absolute atomic E-state index is 0.00706. The number of halogens is 1. The van der Waals surface area contributed by atoms with Crippen LogP contribution >= 0.6 is 0 Å². The zero-order valence-corrected chi connectivity index (χ0v) is 17.3. The molecule has 1 amide bonds. The molecule has 0 spiro atoms. The molecule has 1 N–H and O–H groups in total. The SMILES string of the molecule is CCOC(=O)c1ccccc1NC(=O)[C@H]1CCCN(S(=O)(=O)c2ccc(F)cc2)C1. The van der Waals surface area contributed by atoms with E-state index in [2.05, 4.69) is 5.32 Å². The second-order valence-electron chi connectivity index (χ2n) is 6.91. The van der Waals surface area contributed by atoms with Gasteiger partial charge < -0.3 is 10.1 Å². The summed E-state index contributed by atoms with van der Waals surface area (Å²) >= 11 is 0. The summed E-state index contributed by atoms with van der Waals surface area (Å²) in [6.45, 7) is 2.19. The third-order valence-electron chi connectivity index (χ3n) is 4.89. The molecule has 0 saturated carbocycles. The van der Waals surface area contributed by atoms with Gasteiger partial charge in [0.1, 0.15) is 5.82 Å². The van der Waals surface area contributed by atoms with Gasteiger partial charge in [-0.1, -0.05) is 12.1 Å². The van der Waals surface area contributed by atoms with Crippen LogP contribution in [0.4, 0.5) is 10.1 Å². The summed E-state index contributed by atoms with van der Waals surface area (Å²) in [5.41, 5.74) is 0.554. The quantitative estimate of drug-likeness (QED) is 0.706. The van der Waals surface area contributed by atoms with Gasteiger partial charge >= 0.3 is 5.97 Å². The molecule has 160 valence electrons. The van der Waals surface area contributed by atoms with Gasteiger partial charge in [0.25, 0.3) is 0 Å². The maximum atomic E-state index is 13.1. The molecule has 1 atom stereocenters. The highest BCUT2D eigenvalue weighted by atomic mass is 32.2. The Labute approximate surface area is 174 Å². The van der Waals surface area contributed by atoms with Crippen molar-refractivity contribution in [3.8, 4) is 0 Å². The molecule has 2 aromatic rings. The van der Waals surface area contributed by atoms with Gasteiger partial charge in [-0.2, -0.15) is 4.31 Å². The Bertz CT molecular complexity index is 1020. The molecule has 9 heteroatoms. The second kappa shape index (κ2) is 9.36. The first-order valence-electron chi connectivity index (χ1n) is 9.65. The van der Waals surface area contributed by atoms with Crippen molar-refractivity contribution in [2.45, 2.75) is 24.7 Å². The van der Waals surface area contributed by atoms with Gasteiger partial charge in [0.2, 0.25) is 15.9 Å². The van der Waals surface area contributed by atoms with Crippen molar-refractivity contribution in [3.05, 3.63) is 59.9 Å². The lowest BCUT2D eigenvalue weighted by Gasteiger charge is -2.31. The third kappa shape index (κ3) is 4.85. The van der Waals surface area contributed by atoms with Gasteiger partial charge in [-0.15, -0.1) is 0 Å². The van der Waals surface area contributed by atoms with Crippen molar-refractivity contribution in [3.63, 3.8) is 0 Å². The number of esters is 1. The number of hydrogen-bond acceptors (Lipinski definition) is 5. The van der Waals surface area contributed by atoms with Crippen molar-refractivity contribution >= 4 is 27.6 Å². The molecule has 1 fully saturated rings. The molecule has 1 aliphatic heterocycles. The third-order valence-corrected chi connectivity index (χ3v) is 6.77. The Morgan fingerprint density at radius 2 is 1.87 bits per heavy atom. The Kier molecular flexibility index (Phi) is 6.84. The average Bonchev–Trinajstić information content (AvgIpc) is 2.74. The fourth-order valence-corrected chi connectivity index (χ4v) is 4.87. The molecule has 0 radical (unpaired) electrons. The van der Waals surface area contributed by atoms with Crippen LogP contribution in [0.15, 0.2) is 53.4 Å². The highest BCUT2D eigenvalue weighted by molar-refractivity contribution is 7.89. The van der Waals surface area contributed by atoms with Crippen LogP contribution in [0.3, 0.4) is 0 Å². The van der Waals surface area contributed by atoms with Crippen LogP contribution in [-0.4, -0.2) is 44.3 Å². The van der Waals surface area contributed by atoms with Crippen LogP contribution in [-0.2, 0) is 19.6 Å². The zero-order chi connectivity index (χ0) is 21.7. The lowest BCUT2D eigenvalue weighted by molar-refractivity contribution is -0.120. The number of para-hydroxylation sites is 1. The van der Waals surface area contributed by atoms with Gasteiger partial charge in [-0.05, 0) is 56.2 Å². The van der Waals surface area contributed by atoms with Gasteiger partial charge in [0.15, 0.2) is 0 Å². The first kappa shape index (κ1) is 21.9. The first-order valence-corrected chi connectivity index (χ1v) is 11.1. The number of anilines is 1. The van der Waals surface area contributed by atoms with E-state index in [0.717, 1.165) is 12.1 Å². The average molecular weight is 434 g/mol. The molecule has 2 aromatic carbocycles. The molecule has 1 heterocycles. The fourth-order valence-electron chi connectivity index (χ4n) is 3.34. The molecule has 0 aromatic heterocycles. The van der Waals surface area contributed by atoms with E-state index in [1.54, 1.807) is 31.2 Å². The number of amides is 1. The standard InChI is InChI=1S/C21H23FN2O5S/c1-2-29-21(26)18-7-3-4-8-19(18)23-20(25)15-6-5-13-24(14-15)30(27,28)17-11-9-16(22)10-12-17/h3-4,7-12,15H,2,5-6,13-14H2,1H3,(H,23,25)/t15-/m0/s1. The van der Waals surface area contributed by atoms with E-state index >= 15 is 0 Å². The number of nitrogens with zero attached hydrogens (tertiary/aromatic N) is 1. The summed E-state index contributed by atoms with van der Waals surface area (Å²) in [4.78, 5) is 24.9. The van der Waals surface area contributed by atoms with Gasteiger partial charge in [0.05, 0.1) is 28.7 Å². The topological polar surface area (TPSA) is 92.8 Å². The van der Waals surface area contributed by atoms with Gasteiger partial charge in [0, 0.05) is 13.1 Å². The van der Waals surface area contributed by atoms with Crippen LogP contribution in [0.5, 0.6) is 0 Å². The highest BCUT2D eigenvalue weighted by Gasteiger charge is 2.33. The van der Waals surface area contributed by atoms with Gasteiger partial charge in [-0.3, -0.25) is 4.79 Å². The number of rotatable bonds is 6. The molecular formula is C21H23FN2O5S. The smallest absolute Gasteiger partial charge is 0.340 e. The molecule has 0 unspecified atom stereocenters. The number of nitrogens with one attached hydrogen (secondary N) is 1. The highest BCUT2D eigenvalue weighted by Crippen LogP contribution is 2.26. The molecule has 3 rings (SSSR count). The van der Waals surface area contributed by atoms with Crippen LogP contribution in [0, 0.1) is 11.7 Å². The van der Waals surface area contributed by atoms with Crippen molar-refractivity contribution in [2.24, 2.45) is 5.92 Å². The van der Waals surface area contributed by atoms with E-state index in [1.165, 1.54) is 16.4 Å². The molecule has 0 aliphatic carbocycles. The summed E-state index contributed by atoms with van der Waals surface area (Å²) in [5, 5.41) is 2.73. The minimum Gasteiger partial charge on any atom is -0.462 e. The Morgan fingerprint density at radius 1 is 1.17 bits per heavy atom. The predicted octanol–water partition coefficient (Wildman–Crippen LogP) is 3.04. The normalized spacial score (nSPS) is 17.3. The largest absolute Gasteiger partial charge is 0.462 e.